The Morgan fingerprint density at radius 2 is 2.04 bits per heavy atom. The Morgan fingerprint density at radius 3 is 2.65 bits per heavy atom. The Bertz CT molecular complexity index is 571. The van der Waals surface area contributed by atoms with Gasteiger partial charge in [0.2, 0.25) is 0 Å². The molecule has 1 aromatic rings. The van der Waals surface area contributed by atoms with Crippen molar-refractivity contribution in [1.29, 1.82) is 0 Å². The first kappa shape index (κ1) is 20.5. The van der Waals surface area contributed by atoms with E-state index in [9.17, 15) is 4.39 Å². The summed E-state index contributed by atoms with van der Waals surface area (Å²) in [4.78, 5) is 7.15. The molecule has 0 spiro atoms. The summed E-state index contributed by atoms with van der Waals surface area (Å²) in [6.45, 7) is 12.1. The lowest BCUT2D eigenvalue weighted by Gasteiger charge is -2.35. The van der Waals surface area contributed by atoms with Crippen LogP contribution in [-0.2, 0) is 0 Å². The van der Waals surface area contributed by atoms with Crippen LogP contribution in [0.5, 0.6) is 5.75 Å². The second-order valence-corrected chi connectivity index (χ2v) is 7.15. The van der Waals surface area contributed by atoms with Gasteiger partial charge in [-0.25, -0.2) is 9.38 Å². The molecule has 1 fully saturated rings. The number of guanidine groups is 1. The van der Waals surface area contributed by atoms with E-state index in [-0.39, 0.29) is 11.9 Å². The maximum absolute atomic E-state index is 13.2. The van der Waals surface area contributed by atoms with Crippen LogP contribution in [0.15, 0.2) is 29.3 Å². The number of likely N-dealkylation sites (tertiary alicyclic amines) is 1. The summed E-state index contributed by atoms with van der Waals surface area (Å²) in [7, 11) is 0. The van der Waals surface area contributed by atoms with Gasteiger partial charge in [0, 0.05) is 37.8 Å². The summed E-state index contributed by atoms with van der Waals surface area (Å²) in [5.41, 5.74) is 0. The van der Waals surface area contributed by atoms with Crippen LogP contribution in [0.3, 0.4) is 0 Å². The van der Waals surface area contributed by atoms with Crippen molar-refractivity contribution in [3.05, 3.63) is 30.1 Å². The molecule has 1 aromatic carbocycles. The summed E-state index contributed by atoms with van der Waals surface area (Å²) in [6, 6.07) is 7.27. The largest absolute Gasteiger partial charge is 0.489 e. The molecule has 0 bridgehead atoms. The number of hydrogen-bond acceptors (Lipinski definition) is 3. The van der Waals surface area contributed by atoms with E-state index in [0.29, 0.717) is 24.4 Å². The Kier molecular flexibility index (Phi) is 8.16. The van der Waals surface area contributed by atoms with Gasteiger partial charge >= 0.3 is 0 Å². The first-order valence-electron chi connectivity index (χ1n) is 9.69. The predicted octanol–water partition coefficient (Wildman–Crippen LogP) is 3.02. The molecule has 0 radical (unpaired) electrons. The first-order chi connectivity index (χ1) is 12.5. The molecule has 146 valence electrons. The van der Waals surface area contributed by atoms with Crippen molar-refractivity contribution in [1.82, 2.24) is 15.5 Å². The molecule has 1 heterocycles. The minimum absolute atomic E-state index is 0.130. The zero-order valence-electron chi connectivity index (χ0n) is 16.5. The molecule has 1 atom stereocenters. The fourth-order valence-corrected chi connectivity index (χ4v) is 3.10. The number of halogens is 1. The Morgan fingerprint density at radius 1 is 1.31 bits per heavy atom. The highest BCUT2D eigenvalue weighted by Gasteiger charge is 2.21. The van der Waals surface area contributed by atoms with E-state index in [1.807, 2.05) is 6.92 Å². The number of hydrogen-bond donors (Lipinski definition) is 2. The Balaban J connectivity index is 1.84. The van der Waals surface area contributed by atoms with Crippen molar-refractivity contribution >= 4 is 5.96 Å². The monoisotopic (exact) mass is 364 g/mol. The van der Waals surface area contributed by atoms with Crippen LogP contribution in [0.25, 0.3) is 0 Å². The molecular formula is C20H33FN4O. The number of ether oxygens (including phenoxy) is 1. The van der Waals surface area contributed by atoms with Crippen molar-refractivity contribution < 1.29 is 9.13 Å². The SMILES string of the molecule is CCNC(=NCC(C)Oc1cccc(F)c1)NC1CCN(C(C)C)CC1. The van der Waals surface area contributed by atoms with Crippen molar-refractivity contribution in [2.24, 2.45) is 4.99 Å². The molecule has 5 nitrogen and oxygen atoms in total. The average molecular weight is 365 g/mol. The number of nitrogens with one attached hydrogen (secondary N) is 2. The van der Waals surface area contributed by atoms with Crippen molar-refractivity contribution in [3.8, 4) is 5.75 Å². The van der Waals surface area contributed by atoms with Crippen LogP contribution in [-0.4, -0.2) is 55.2 Å². The van der Waals surface area contributed by atoms with Gasteiger partial charge in [-0.1, -0.05) is 6.07 Å². The van der Waals surface area contributed by atoms with Crippen LogP contribution in [0, 0.1) is 5.82 Å². The normalized spacial score (nSPS) is 18.0. The highest BCUT2D eigenvalue weighted by Crippen LogP contribution is 2.14. The average Bonchev–Trinajstić information content (AvgIpc) is 2.60. The van der Waals surface area contributed by atoms with Gasteiger partial charge in [-0.05, 0) is 52.7 Å². The molecule has 1 aliphatic rings. The van der Waals surface area contributed by atoms with Gasteiger partial charge in [-0.2, -0.15) is 0 Å². The zero-order valence-corrected chi connectivity index (χ0v) is 16.5. The van der Waals surface area contributed by atoms with E-state index in [1.165, 1.54) is 12.1 Å². The molecule has 1 unspecified atom stereocenters. The fourth-order valence-electron chi connectivity index (χ4n) is 3.10. The van der Waals surface area contributed by atoms with Crippen LogP contribution in [0.4, 0.5) is 4.39 Å². The van der Waals surface area contributed by atoms with Gasteiger partial charge in [-0.15, -0.1) is 0 Å². The minimum Gasteiger partial charge on any atom is -0.489 e. The molecule has 1 saturated heterocycles. The molecule has 26 heavy (non-hydrogen) atoms. The van der Waals surface area contributed by atoms with Gasteiger partial charge in [0.15, 0.2) is 5.96 Å². The van der Waals surface area contributed by atoms with Crippen LogP contribution in [0.1, 0.15) is 40.5 Å². The summed E-state index contributed by atoms with van der Waals surface area (Å²) in [5.74, 6) is 1.07. The molecular weight excluding hydrogens is 331 g/mol. The molecule has 6 heteroatoms. The van der Waals surface area contributed by atoms with E-state index >= 15 is 0 Å². The second-order valence-electron chi connectivity index (χ2n) is 7.15. The minimum atomic E-state index is -0.291. The van der Waals surface area contributed by atoms with Crippen molar-refractivity contribution in [3.63, 3.8) is 0 Å². The van der Waals surface area contributed by atoms with Crippen molar-refractivity contribution in [2.75, 3.05) is 26.2 Å². The second kappa shape index (κ2) is 10.4. The fraction of sp³-hybridized carbons (Fsp3) is 0.650. The van der Waals surface area contributed by atoms with Gasteiger partial charge in [0.1, 0.15) is 17.7 Å². The summed E-state index contributed by atoms with van der Waals surface area (Å²) < 4.78 is 19.0. The maximum Gasteiger partial charge on any atom is 0.191 e. The highest BCUT2D eigenvalue weighted by molar-refractivity contribution is 5.80. The van der Waals surface area contributed by atoms with E-state index in [1.54, 1.807) is 12.1 Å². The first-order valence-corrected chi connectivity index (χ1v) is 9.69. The smallest absolute Gasteiger partial charge is 0.191 e. The summed E-state index contributed by atoms with van der Waals surface area (Å²) in [6.07, 6.45) is 2.12. The molecule has 2 N–H and O–H groups in total. The van der Waals surface area contributed by atoms with Gasteiger partial charge in [0.25, 0.3) is 0 Å². The van der Waals surface area contributed by atoms with Gasteiger partial charge in [-0.3, -0.25) is 0 Å². The lowest BCUT2D eigenvalue weighted by atomic mass is 10.0. The number of rotatable bonds is 7. The lowest BCUT2D eigenvalue weighted by Crippen LogP contribution is -2.50. The number of aliphatic imine (C=N–C) groups is 1. The number of benzene rings is 1. The van der Waals surface area contributed by atoms with Crippen LogP contribution in [0.2, 0.25) is 0 Å². The van der Waals surface area contributed by atoms with E-state index < -0.39 is 0 Å². The van der Waals surface area contributed by atoms with Gasteiger partial charge in [0.05, 0.1) is 6.54 Å². The molecule has 1 aliphatic heterocycles. The van der Waals surface area contributed by atoms with E-state index in [4.69, 9.17) is 4.74 Å². The third-order valence-corrected chi connectivity index (χ3v) is 4.58. The standard InChI is InChI=1S/C20H33FN4O/c1-5-22-20(24-18-9-11-25(12-10-18)15(2)3)23-14-16(4)26-19-8-6-7-17(21)13-19/h6-8,13,15-16,18H,5,9-12,14H2,1-4H3,(H2,22,23,24). The topological polar surface area (TPSA) is 48.9 Å². The van der Waals surface area contributed by atoms with E-state index in [0.717, 1.165) is 38.4 Å². The number of nitrogens with zero attached hydrogens (tertiary/aromatic N) is 2. The van der Waals surface area contributed by atoms with Crippen molar-refractivity contribution in [2.45, 2.75) is 58.7 Å². The van der Waals surface area contributed by atoms with E-state index in [2.05, 4.69) is 41.3 Å². The Hall–Kier alpha value is -1.82. The lowest BCUT2D eigenvalue weighted by molar-refractivity contribution is 0.167. The molecule has 0 amide bonds. The summed E-state index contributed by atoms with van der Waals surface area (Å²) in [5, 5.41) is 6.84. The zero-order chi connectivity index (χ0) is 18.9. The molecule has 0 saturated carbocycles. The maximum atomic E-state index is 13.2. The third-order valence-electron chi connectivity index (χ3n) is 4.58. The summed E-state index contributed by atoms with van der Waals surface area (Å²) >= 11 is 0. The molecule has 0 aliphatic carbocycles. The highest BCUT2D eigenvalue weighted by atomic mass is 19.1. The third kappa shape index (κ3) is 6.83. The predicted molar refractivity (Wildman–Crippen MR) is 105 cm³/mol. The van der Waals surface area contributed by atoms with Crippen LogP contribution >= 0.6 is 0 Å². The molecule has 0 aromatic heterocycles. The molecule has 2 rings (SSSR count). The van der Waals surface area contributed by atoms with Gasteiger partial charge < -0.3 is 20.3 Å². The Labute approximate surface area is 157 Å². The quantitative estimate of drug-likeness (QED) is 0.577. The van der Waals surface area contributed by atoms with Crippen LogP contribution < -0.4 is 15.4 Å². The number of piperidine rings is 1.